The molecule has 1 N–H and O–H groups in total. The summed E-state index contributed by atoms with van der Waals surface area (Å²) in [5.41, 5.74) is 1.09. The van der Waals surface area contributed by atoms with Crippen molar-refractivity contribution >= 4 is 33.4 Å². The number of nitrogens with zero attached hydrogens (tertiary/aromatic N) is 3. The number of carbonyl (C=O) groups is 2. The number of rotatable bonds is 6. The van der Waals surface area contributed by atoms with Crippen LogP contribution >= 0.6 is 11.3 Å². The smallest absolute Gasteiger partial charge is 0.261 e. The lowest BCUT2D eigenvalue weighted by Gasteiger charge is -2.20. The van der Waals surface area contributed by atoms with Crippen LogP contribution in [0.2, 0.25) is 0 Å². The lowest BCUT2D eigenvalue weighted by molar-refractivity contribution is -0.134. The normalized spacial score (nSPS) is 20.1. The largest absolute Gasteiger partial charge is 0.350 e. The van der Waals surface area contributed by atoms with Gasteiger partial charge in [-0.1, -0.05) is 18.9 Å². The first kappa shape index (κ1) is 20.3. The maximum atomic E-state index is 13.0. The molecule has 1 aliphatic heterocycles. The van der Waals surface area contributed by atoms with E-state index in [1.165, 1.54) is 24.2 Å². The summed E-state index contributed by atoms with van der Waals surface area (Å²) in [5.74, 6) is 0.710. The van der Waals surface area contributed by atoms with Crippen molar-refractivity contribution < 1.29 is 9.59 Å². The highest BCUT2D eigenvalue weighted by Gasteiger charge is 2.35. The fourth-order valence-electron chi connectivity index (χ4n) is 4.63. The van der Waals surface area contributed by atoms with Gasteiger partial charge in [-0.05, 0) is 45.0 Å². The maximum absolute atomic E-state index is 13.0. The van der Waals surface area contributed by atoms with Crippen molar-refractivity contribution in [3.8, 4) is 0 Å². The molecule has 1 saturated carbocycles. The van der Waals surface area contributed by atoms with Crippen LogP contribution < -0.4 is 5.32 Å². The molecule has 4 rings (SSSR count). The van der Waals surface area contributed by atoms with Crippen molar-refractivity contribution in [1.29, 1.82) is 0 Å². The Morgan fingerprint density at radius 2 is 2.07 bits per heavy atom. The Morgan fingerprint density at radius 1 is 1.28 bits per heavy atom. The lowest BCUT2D eigenvalue weighted by Crippen LogP contribution is -2.33. The molecule has 3 heterocycles. The van der Waals surface area contributed by atoms with E-state index >= 15 is 0 Å². The van der Waals surface area contributed by atoms with E-state index < -0.39 is 0 Å². The summed E-state index contributed by atoms with van der Waals surface area (Å²) < 4.78 is 0. The summed E-state index contributed by atoms with van der Waals surface area (Å²) in [7, 11) is 3.99. The number of amides is 2. The third-order valence-electron chi connectivity index (χ3n) is 6.17. The molecule has 0 bridgehead atoms. The van der Waals surface area contributed by atoms with Gasteiger partial charge in [-0.2, -0.15) is 0 Å². The predicted octanol–water partition coefficient (Wildman–Crippen LogP) is 3.09. The second kappa shape index (κ2) is 8.79. The third-order valence-corrected chi connectivity index (χ3v) is 7.30. The lowest BCUT2D eigenvalue weighted by atomic mass is 9.95. The highest BCUT2D eigenvalue weighted by atomic mass is 32.1. The van der Waals surface area contributed by atoms with Crippen molar-refractivity contribution in [2.24, 2.45) is 5.92 Å². The fraction of sp³-hybridized carbons (Fsp3) is 0.591. The Labute approximate surface area is 176 Å². The summed E-state index contributed by atoms with van der Waals surface area (Å²) in [6.07, 6.45) is 7.10. The van der Waals surface area contributed by atoms with Gasteiger partial charge in [-0.25, -0.2) is 4.98 Å². The van der Waals surface area contributed by atoms with Crippen molar-refractivity contribution in [3.63, 3.8) is 0 Å². The monoisotopic (exact) mass is 414 g/mol. The molecule has 2 aliphatic rings. The second-order valence-corrected chi connectivity index (χ2v) is 9.51. The summed E-state index contributed by atoms with van der Waals surface area (Å²) in [6.45, 7) is 2.93. The Bertz CT molecular complexity index is 888. The van der Waals surface area contributed by atoms with Gasteiger partial charge in [0, 0.05) is 49.6 Å². The number of likely N-dealkylation sites (tertiary alicyclic amines) is 1. The number of nitrogens with one attached hydrogen (secondary N) is 1. The minimum atomic E-state index is -0.0228. The number of thiophene rings is 1. The minimum absolute atomic E-state index is 0.0228. The van der Waals surface area contributed by atoms with E-state index in [9.17, 15) is 9.59 Å². The quantitative estimate of drug-likeness (QED) is 0.789. The first-order chi connectivity index (χ1) is 14.0. The highest BCUT2D eigenvalue weighted by molar-refractivity contribution is 7.20. The molecular formula is C22H30N4O2S. The van der Waals surface area contributed by atoms with Gasteiger partial charge >= 0.3 is 0 Å². The third kappa shape index (κ3) is 4.31. The number of hydrogen-bond acceptors (Lipinski definition) is 5. The number of likely N-dealkylation sites (N-methyl/N-ethyl adjacent to an activating group) is 1. The van der Waals surface area contributed by atoms with Gasteiger partial charge in [0.15, 0.2) is 0 Å². The molecule has 6 nitrogen and oxygen atoms in total. The van der Waals surface area contributed by atoms with Gasteiger partial charge in [0.25, 0.3) is 5.91 Å². The SMILES string of the molecule is CN(C)CCNC(=O)c1sc2ncccc2c1[C@@H]1CCN(C(=O)C2CCCC2)C1. The molecule has 0 radical (unpaired) electrons. The molecule has 1 atom stereocenters. The van der Waals surface area contributed by atoms with E-state index in [0.29, 0.717) is 19.0 Å². The summed E-state index contributed by atoms with van der Waals surface area (Å²) >= 11 is 1.47. The Kier molecular flexibility index (Phi) is 6.15. The van der Waals surface area contributed by atoms with Crippen LogP contribution in [0.5, 0.6) is 0 Å². The van der Waals surface area contributed by atoms with E-state index in [1.54, 1.807) is 6.20 Å². The van der Waals surface area contributed by atoms with Crippen molar-refractivity contribution in [3.05, 3.63) is 28.8 Å². The molecule has 2 amide bonds. The number of aromatic nitrogens is 1. The Hall–Kier alpha value is -1.99. The molecule has 2 aromatic rings. The van der Waals surface area contributed by atoms with Gasteiger partial charge in [0.2, 0.25) is 5.91 Å². The standard InChI is InChI=1S/C22H30N4O2S/c1-25(2)13-11-23-20(27)19-18(17-8-5-10-24-21(17)29-19)16-9-12-26(14-16)22(28)15-6-3-4-7-15/h5,8,10,15-16H,3-4,6-7,9,11-14H2,1-2H3,(H,23,27)/t16-/m1/s1. The summed E-state index contributed by atoms with van der Waals surface area (Å²) in [6, 6.07) is 3.99. The van der Waals surface area contributed by atoms with Gasteiger partial charge in [0.1, 0.15) is 4.83 Å². The molecule has 0 unspecified atom stereocenters. The van der Waals surface area contributed by atoms with Gasteiger partial charge in [-0.3, -0.25) is 9.59 Å². The van der Waals surface area contributed by atoms with Crippen LogP contribution in [-0.2, 0) is 4.79 Å². The van der Waals surface area contributed by atoms with E-state index in [2.05, 4.69) is 21.3 Å². The Morgan fingerprint density at radius 3 is 2.83 bits per heavy atom. The first-order valence-corrected chi connectivity index (χ1v) is 11.5. The molecule has 29 heavy (non-hydrogen) atoms. The zero-order valence-electron chi connectivity index (χ0n) is 17.3. The number of pyridine rings is 1. The van der Waals surface area contributed by atoms with Crippen LogP contribution in [0, 0.1) is 5.92 Å². The average Bonchev–Trinajstić information content (AvgIpc) is 3.45. The number of carbonyl (C=O) groups excluding carboxylic acids is 2. The maximum Gasteiger partial charge on any atom is 0.261 e. The van der Waals surface area contributed by atoms with Crippen LogP contribution in [0.1, 0.15) is 53.3 Å². The molecule has 0 spiro atoms. The molecule has 7 heteroatoms. The highest BCUT2D eigenvalue weighted by Crippen LogP contribution is 2.40. The predicted molar refractivity (Wildman–Crippen MR) is 116 cm³/mol. The van der Waals surface area contributed by atoms with Crippen molar-refractivity contribution in [2.75, 3.05) is 40.3 Å². The molecule has 156 valence electrons. The molecule has 0 aromatic carbocycles. The number of fused-ring (bicyclic) bond motifs is 1. The van der Waals surface area contributed by atoms with Gasteiger partial charge in [-0.15, -0.1) is 11.3 Å². The fourth-order valence-corrected chi connectivity index (χ4v) is 5.77. The first-order valence-electron chi connectivity index (χ1n) is 10.6. The minimum Gasteiger partial charge on any atom is -0.350 e. The van der Waals surface area contributed by atoms with Crippen LogP contribution in [0.3, 0.4) is 0 Å². The summed E-state index contributed by atoms with van der Waals surface area (Å²) in [4.78, 5) is 36.1. The van der Waals surface area contributed by atoms with Crippen molar-refractivity contribution in [2.45, 2.75) is 38.0 Å². The van der Waals surface area contributed by atoms with E-state index in [-0.39, 0.29) is 17.7 Å². The second-order valence-electron chi connectivity index (χ2n) is 8.51. The molecule has 2 aromatic heterocycles. The summed E-state index contributed by atoms with van der Waals surface area (Å²) in [5, 5.41) is 4.12. The van der Waals surface area contributed by atoms with E-state index in [0.717, 1.165) is 53.0 Å². The molecular weight excluding hydrogens is 384 g/mol. The van der Waals surface area contributed by atoms with Gasteiger partial charge < -0.3 is 15.1 Å². The zero-order valence-corrected chi connectivity index (χ0v) is 18.1. The molecule has 1 aliphatic carbocycles. The van der Waals surface area contributed by atoms with E-state index in [4.69, 9.17) is 0 Å². The zero-order chi connectivity index (χ0) is 20.4. The van der Waals surface area contributed by atoms with Crippen LogP contribution in [-0.4, -0.2) is 66.9 Å². The molecule has 1 saturated heterocycles. The average molecular weight is 415 g/mol. The van der Waals surface area contributed by atoms with Crippen LogP contribution in [0.4, 0.5) is 0 Å². The van der Waals surface area contributed by atoms with Crippen LogP contribution in [0.25, 0.3) is 10.2 Å². The van der Waals surface area contributed by atoms with Gasteiger partial charge in [0.05, 0.1) is 4.88 Å². The van der Waals surface area contributed by atoms with Crippen molar-refractivity contribution in [1.82, 2.24) is 20.1 Å². The molecule has 2 fully saturated rings. The van der Waals surface area contributed by atoms with Crippen LogP contribution in [0.15, 0.2) is 18.3 Å². The Balaban J connectivity index is 1.56. The van der Waals surface area contributed by atoms with E-state index in [1.807, 2.05) is 25.1 Å². The topological polar surface area (TPSA) is 65.5 Å². The number of hydrogen-bond donors (Lipinski definition) is 1.